The van der Waals surface area contributed by atoms with Gasteiger partial charge < -0.3 is 116 Å². The Morgan fingerprint density at radius 2 is 1.25 bits per heavy atom. The summed E-state index contributed by atoms with van der Waals surface area (Å²) in [7, 11) is 0. The van der Waals surface area contributed by atoms with E-state index in [1.54, 1.807) is 37.3 Å². The van der Waals surface area contributed by atoms with Gasteiger partial charge in [0.1, 0.15) is 53.6 Å². The van der Waals surface area contributed by atoms with E-state index < -0.39 is 151 Å². The first kappa shape index (κ1) is 92.8. The van der Waals surface area contributed by atoms with Gasteiger partial charge in [-0.05, 0) is 179 Å². The van der Waals surface area contributed by atoms with Crippen LogP contribution in [-0.4, -0.2) is 203 Å². The molecule has 128 heavy (non-hydrogen) atoms. The lowest BCUT2D eigenvalue weighted by atomic mass is 9.90. The number of carboxylic acid groups (broad SMARTS) is 1. The predicted octanol–water partition coefficient (Wildman–Crippen LogP) is 2.90. The van der Waals surface area contributed by atoms with Crippen molar-refractivity contribution in [2.75, 3.05) is 102 Å². The maximum Gasteiger partial charge on any atom is 0.336 e. The second-order valence-electron chi connectivity index (χ2n) is 31.5. The number of nitrogens with one attached hydrogen (secondary N) is 12. The number of carbonyl (C=O) groups is 14. The molecule has 6 aromatic rings. The molecule has 674 valence electrons. The van der Waals surface area contributed by atoms with Gasteiger partial charge in [-0.25, -0.2) is 4.79 Å². The molecule has 2 saturated heterocycles. The third-order valence-electron chi connectivity index (χ3n) is 22.3. The number of carbonyl (C=O) groups excluding carboxylic acids is 13. The number of thioether (sulfide) groups is 1. The summed E-state index contributed by atoms with van der Waals surface area (Å²) in [6.45, 7) is 2.76. The van der Waals surface area contributed by atoms with E-state index >= 15 is 0 Å². The summed E-state index contributed by atoms with van der Waals surface area (Å²) in [6, 6.07) is 21.6. The van der Waals surface area contributed by atoms with Gasteiger partial charge in [-0.15, -0.1) is 0 Å². The molecule has 0 unspecified atom stereocenters. The van der Waals surface area contributed by atoms with Crippen LogP contribution >= 0.6 is 11.8 Å². The lowest BCUT2D eigenvalue weighted by Gasteiger charge is -2.34. The number of aromatic nitrogens is 3. The molecular formula is C87H101N21O19S. The number of primary amides is 2. The van der Waals surface area contributed by atoms with Crippen molar-refractivity contribution in [2.45, 2.75) is 121 Å². The van der Waals surface area contributed by atoms with Crippen LogP contribution in [0.2, 0.25) is 0 Å². The van der Waals surface area contributed by atoms with Crippen molar-refractivity contribution in [3.05, 3.63) is 153 Å². The normalized spacial score (nSPS) is 18.0. The fourth-order valence-corrected chi connectivity index (χ4v) is 16.2. The number of benzene rings is 6. The molecule has 1 aliphatic carbocycles. The van der Waals surface area contributed by atoms with E-state index in [9.17, 15) is 82.1 Å². The highest BCUT2D eigenvalue weighted by molar-refractivity contribution is 7.98. The topological polar surface area (TPSA) is 612 Å². The van der Waals surface area contributed by atoms with E-state index in [1.807, 2.05) is 16.7 Å². The number of nitrogens with two attached hydrogens (primary N) is 4. The Morgan fingerprint density at radius 1 is 0.617 bits per heavy atom. The van der Waals surface area contributed by atoms with E-state index in [2.05, 4.69) is 63.8 Å². The maximum absolute atomic E-state index is 14.3. The fraction of sp³-hybridized carbons (Fsp3) is 0.379. The van der Waals surface area contributed by atoms with Crippen molar-refractivity contribution in [2.24, 2.45) is 40.7 Å². The van der Waals surface area contributed by atoms with Crippen LogP contribution in [0.25, 0.3) is 33.4 Å². The van der Waals surface area contributed by atoms with Gasteiger partial charge in [-0.1, -0.05) is 32.4 Å². The minimum atomic E-state index is -1.32. The predicted molar refractivity (Wildman–Crippen MR) is 473 cm³/mol. The molecule has 5 atom stereocenters. The Labute approximate surface area is 737 Å². The molecule has 22 N–H and O–H groups in total. The summed E-state index contributed by atoms with van der Waals surface area (Å²) >= 11 is 1.18. The number of phenolic OH excluding ortho intramolecular Hbond substituents is 1. The molecule has 2 bridgehead atoms. The molecule has 6 aliphatic rings. The van der Waals surface area contributed by atoms with E-state index in [-0.39, 0.29) is 179 Å². The van der Waals surface area contributed by atoms with Gasteiger partial charge in [0, 0.05) is 118 Å². The maximum atomic E-state index is 14.3. The average molecular weight is 1780 g/mol. The summed E-state index contributed by atoms with van der Waals surface area (Å²) in [5, 5.41) is 54.5. The van der Waals surface area contributed by atoms with Gasteiger partial charge in [-0.3, -0.25) is 67.1 Å². The molecule has 0 saturated carbocycles. The number of ether oxygens (including phenoxy) is 1. The number of phenols is 1. The van der Waals surface area contributed by atoms with Gasteiger partial charge in [-0.2, -0.15) is 26.7 Å². The SMILES string of the molecule is CC[C@H](C)[C@@H]1NC(=O)c2cc(cc(NC(=O)CNC(=O)C3CCN(c4nc(Nc5ccc(-c6c7ccc(=O)cc-7oc7cc(O)ccc67)c(C(=O)O)c5)nc(N5CCC(C(=O)NCC(=O)Nc6ccc7c(c6)C(=O)NCC(=O)N[C@@H](CCCCN)C(=O)Nc6cc(C(N)=O)ccc6CO7)CC5)n4)CC3)c2)CSC[C@@H](C(N)=O)NC(=O)CNC(=O)[C@H](CCCCN)NC1=O. The second-order valence-corrected chi connectivity index (χ2v) is 32.5. The first-order valence-electron chi connectivity index (χ1n) is 41.9. The Balaban J connectivity index is 0.728. The highest BCUT2D eigenvalue weighted by Gasteiger charge is 2.36. The molecule has 6 heterocycles. The minimum Gasteiger partial charge on any atom is -0.508 e. The Bertz CT molecular complexity index is 5620. The number of rotatable bonds is 26. The number of anilines is 7. The van der Waals surface area contributed by atoms with Crippen molar-refractivity contribution in [1.82, 2.24) is 57.5 Å². The highest BCUT2D eigenvalue weighted by Crippen LogP contribution is 2.43. The molecule has 2 fully saturated rings. The molecule has 40 nitrogen and oxygen atoms in total. The van der Waals surface area contributed by atoms with Crippen molar-refractivity contribution < 1.29 is 86.5 Å². The molecule has 12 rings (SSSR count). The van der Waals surface area contributed by atoms with Gasteiger partial charge in [0.25, 0.3) is 11.8 Å². The van der Waals surface area contributed by atoms with E-state index in [0.29, 0.717) is 72.8 Å². The van der Waals surface area contributed by atoms with Crippen LogP contribution in [0.5, 0.6) is 11.5 Å². The molecule has 0 radical (unpaired) electrons. The quantitative estimate of drug-likeness (QED) is 0.0274. The van der Waals surface area contributed by atoms with Crippen LogP contribution in [0.4, 0.5) is 40.6 Å². The number of amides is 13. The van der Waals surface area contributed by atoms with Gasteiger partial charge in [0.15, 0.2) is 5.43 Å². The molecular weight excluding hydrogens is 1680 g/mol. The minimum absolute atomic E-state index is 0.0185. The van der Waals surface area contributed by atoms with E-state index in [4.69, 9.17) is 47.0 Å². The molecule has 5 aliphatic heterocycles. The van der Waals surface area contributed by atoms with Crippen LogP contribution in [-0.2, 0) is 60.3 Å². The molecule has 1 aromatic heterocycles. The van der Waals surface area contributed by atoms with Crippen LogP contribution in [0, 0.1) is 17.8 Å². The number of fused-ring (bicyclic) bond motifs is 6. The second kappa shape index (κ2) is 43.0. The van der Waals surface area contributed by atoms with Gasteiger partial charge >= 0.3 is 5.97 Å². The lowest BCUT2D eigenvalue weighted by Crippen LogP contribution is -2.56. The van der Waals surface area contributed by atoms with Crippen molar-refractivity contribution >= 4 is 146 Å². The number of unbranched alkanes of at least 4 members (excludes halogenated alkanes) is 2. The fourth-order valence-electron chi connectivity index (χ4n) is 15.2. The van der Waals surface area contributed by atoms with Crippen LogP contribution in [0.1, 0.15) is 137 Å². The Hall–Kier alpha value is -14.4. The third kappa shape index (κ3) is 24.2. The van der Waals surface area contributed by atoms with Gasteiger partial charge in [0.2, 0.25) is 82.8 Å². The highest BCUT2D eigenvalue weighted by atomic mass is 32.2. The summed E-state index contributed by atoms with van der Waals surface area (Å²) in [5.41, 5.74) is 24.9. The summed E-state index contributed by atoms with van der Waals surface area (Å²) < 4.78 is 12.2. The zero-order valence-electron chi connectivity index (χ0n) is 70.2. The average Bonchev–Trinajstić information content (AvgIpc) is 0.745. The smallest absolute Gasteiger partial charge is 0.336 e. The van der Waals surface area contributed by atoms with E-state index in [0.717, 1.165) is 0 Å². The largest absolute Gasteiger partial charge is 0.508 e. The number of piperidine rings is 2. The standard InChI is InChI=1S/C87H101N21O19S/c1-3-45(2)74-83(123)101-62(8-4-6-24-88)81(121)95-41-72(114)100-65(76(91)116)44-128-43-46-30-51(79(119)103-74)32-54(31-46)97-70(112)39-93-78(118)48-22-28-108(29-23-48)87-105-85(98-53-12-16-57(60(34-53)84(124)125)73-58-17-14-55(109)36-67(58)127-68-37-56(110)15-18-59(68)73)104-86(106-87)107-26-20-47(21-27-107)77(117)92-38-69(111)96-52-13-19-66-61(35-52)80(120)94-40-71(113)99-63(9-5-7-25-89)82(122)102-64-33-49(75(90)115)10-11-50(64)42-126-66/h10-19,30-37,45,47-48,62-63,65,74,109H,3-9,20-29,38-44,88-89H2,1-2H3,(H2,90,115)(H2,91,116)(H,92,117)(H,93,118)(H,94,120)(H,95,121)(H,96,111)(H,97,112)(H,99,113)(H,100,114)(H,101,123)(H,102,122)(H,103,119)(H,124,125)(H,98,104,105,106)/t45-,62-,63-,65-,74-/m0/s1. The first-order valence-corrected chi connectivity index (χ1v) is 43.1. The van der Waals surface area contributed by atoms with Crippen LogP contribution in [0.15, 0.2) is 118 Å². The summed E-state index contributed by atoms with van der Waals surface area (Å²) in [4.78, 5) is 221. The summed E-state index contributed by atoms with van der Waals surface area (Å²) in [5.74, 6) is -11.2. The number of aromatic carboxylic acids is 1. The van der Waals surface area contributed by atoms with Crippen molar-refractivity contribution in [1.29, 1.82) is 0 Å². The lowest BCUT2D eigenvalue weighted by molar-refractivity contribution is -0.132. The van der Waals surface area contributed by atoms with Crippen molar-refractivity contribution in [3.63, 3.8) is 0 Å². The summed E-state index contributed by atoms with van der Waals surface area (Å²) in [6.07, 6.45) is 3.76. The zero-order valence-corrected chi connectivity index (χ0v) is 71.0. The molecule has 13 amide bonds. The van der Waals surface area contributed by atoms with E-state index in [1.165, 1.54) is 90.6 Å². The number of carboxylic acids is 1. The molecule has 5 aromatic carbocycles. The number of nitrogens with zero attached hydrogens (tertiary/aromatic N) is 5. The zero-order chi connectivity index (χ0) is 91.4. The Kier molecular flexibility index (Phi) is 31.2. The molecule has 41 heteroatoms. The number of aromatic hydroxyl groups is 1. The van der Waals surface area contributed by atoms with Crippen LogP contribution in [0.3, 0.4) is 0 Å². The van der Waals surface area contributed by atoms with Crippen molar-refractivity contribution in [3.8, 4) is 33.9 Å². The number of hydrogen-bond acceptors (Lipinski definition) is 27. The van der Waals surface area contributed by atoms with Crippen LogP contribution < -0.4 is 107 Å². The number of hydrogen-bond donors (Lipinski definition) is 18. The first-order chi connectivity index (χ1) is 61.5. The monoisotopic (exact) mass is 1780 g/mol. The van der Waals surface area contributed by atoms with Gasteiger partial charge in [0.05, 0.1) is 37.3 Å². The molecule has 0 spiro atoms. The third-order valence-corrected chi connectivity index (χ3v) is 23.4. The Morgan fingerprint density at radius 3 is 1.89 bits per heavy atom.